The van der Waals surface area contributed by atoms with Crippen molar-refractivity contribution in [2.75, 3.05) is 6.61 Å². The van der Waals surface area contributed by atoms with Gasteiger partial charge in [-0.1, -0.05) is 44.4 Å². The topological polar surface area (TPSA) is 91.4 Å². The van der Waals surface area contributed by atoms with Crippen LogP contribution in [0.25, 0.3) is 10.9 Å². The zero-order valence-corrected chi connectivity index (χ0v) is 17.9. The molecule has 1 aromatic heterocycles. The average molecular weight is 411 g/mol. The third-order valence-corrected chi connectivity index (χ3v) is 5.71. The molecule has 1 atom stereocenters. The van der Waals surface area contributed by atoms with E-state index in [-0.39, 0.29) is 12.2 Å². The van der Waals surface area contributed by atoms with Crippen LogP contribution in [0.2, 0.25) is 0 Å². The highest BCUT2D eigenvalue weighted by Gasteiger charge is 2.35. The number of esters is 1. The number of nitrogens with one attached hydrogen (secondary N) is 2. The molecule has 1 unspecified atom stereocenters. The number of hydrogen-bond acceptors (Lipinski definition) is 4. The maximum atomic E-state index is 13.0. The maximum absolute atomic E-state index is 13.0. The Kier molecular flexibility index (Phi) is 6.98. The Morgan fingerprint density at radius 2 is 1.83 bits per heavy atom. The number of H-pyrrole nitrogens is 1. The van der Waals surface area contributed by atoms with Gasteiger partial charge < -0.3 is 20.1 Å². The van der Waals surface area contributed by atoms with Crippen molar-refractivity contribution in [2.24, 2.45) is 5.92 Å². The monoisotopic (exact) mass is 410 g/mol. The third-order valence-electron chi connectivity index (χ3n) is 5.71. The molecule has 2 aromatic rings. The first-order chi connectivity index (χ1) is 14.4. The van der Waals surface area contributed by atoms with Gasteiger partial charge in [-0.15, -0.1) is 0 Å². The number of carbonyl (C=O) groups is 2. The first kappa shape index (κ1) is 21.7. The predicted octanol–water partition coefficient (Wildman–Crippen LogP) is 4.69. The first-order valence-corrected chi connectivity index (χ1v) is 10.6. The molecular formula is C24H30N2O4. The summed E-state index contributed by atoms with van der Waals surface area (Å²) in [7, 11) is 0. The molecule has 0 aliphatic carbocycles. The molecule has 160 valence electrons. The number of benzene rings is 1. The summed E-state index contributed by atoms with van der Waals surface area (Å²) in [6.07, 6.45) is 6.05. The van der Waals surface area contributed by atoms with E-state index < -0.39 is 17.9 Å². The van der Waals surface area contributed by atoms with Gasteiger partial charge in [0.05, 0.1) is 17.8 Å². The van der Waals surface area contributed by atoms with Crippen LogP contribution in [0.1, 0.15) is 52.0 Å². The molecule has 3 N–H and O–H groups in total. The molecule has 0 bridgehead atoms. The van der Waals surface area contributed by atoms with Gasteiger partial charge in [0.25, 0.3) is 0 Å². The second-order valence-electron chi connectivity index (χ2n) is 7.80. The lowest BCUT2D eigenvalue weighted by molar-refractivity contribution is -0.139. The number of carboxylic acids is 1. The number of ether oxygens (including phenoxy) is 1. The van der Waals surface area contributed by atoms with Gasteiger partial charge in [0, 0.05) is 40.8 Å². The Balaban J connectivity index is 1.73. The normalized spacial score (nSPS) is 16.7. The standard InChI is InChI=1S/C24H30N2O4/c1-4-5-6-10-19-21(23(27)28)15(2)26-16(3)22(19)24(29)30-13-12-17-14-25-20-11-8-7-9-18(17)20/h7-9,11,14,19,25-26H,4-6,10,12-13H2,1-3H3,(H,27,28). The zero-order chi connectivity index (χ0) is 21.7. The number of carboxylic acid groups (broad SMARTS) is 1. The second kappa shape index (κ2) is 9.65. The zero-order valence-electron chi connectivity index (χ0n) is 17.9. The van der Waals surface area contributed by atoms with E-state index in [1.807, 2.05) is 37.4 Å². The Hall–Kier alpha value is -3.02. The molecule has 0 spiro atoms. The largest absolute Gasteiger partial charge is 0.478 e. The molecule has 2 heterocycles. The molecule has 6 heteroatoms. The summed E-state index contributed by atoms with van der Waals surface area (Å²) in [4.78, 5) is 28.1. The molecule has 3 rings (SSSR count). The number of para-hydroxylation sites is 1. The Morgan fingerprint density at radius 3 is 2.57 bits per heavy atom. The Labute approximate surface area is 177 Å². The van der Waals surface area contributed by atoms with E-state index in [9.17, 15) is 14.7 Å². The lowest BCUT2D eigenvalue weighted by atomic mass is 9.82. The summed E-state index contributed by atoms with van der Waals surface area (Å²) in [5.41, 5.74) is 4.12. The van der Waals surface area contributed by atoms with Gasteiger partial charge in [-0.3, -0.25) is 0 Å². The van der Waals surface area contributed by atoms with E-state index in [0.717, 1.165) is 35.7 Å². The summed E-state index contributed by atoms with van der Waals surface area (Å²) in [5.74, 6) is -1.87. The van der Waals surface area contributed by atoms with Gasteiger partial charge >= 0.3 is 11.9 Å². The highest BCUT2D eigenvalue weighted by atomic mass is 16.5. The highest BCUT2D eigenvalue weighted by molar-refractivity contribution is 5.97. The molecule has 0 saturated heterocycles. The first-order valence-electron chi connectivity index (χ1n) is 10.6. The molecule has 1 aliphatic heterocycles. The number of unbranched alkanes of at least 4 members (excludes halogenated alkanes) is 2. The fourth-order valence-electron chi connectivity index (χ4n) is 4.24. The fraction of sp³-hybridized carbons (Fsp3) is 0.417. The minimum atomic E-state index is -0.988. The molecule has 1 aromatic carbocycles. The quantitative estimate of drug-likeness (QED) is 0.412. The second-order valence-corrected chi connectivity index (χ2v) is 7.80. The van der Waals surface area contributed by atoms with Crippen LogP contribution in [0.4, 0.5) is 0 Å². The fourth-order valence-corrected chi connectivity index (χ4v) is 4.24. The number of fused-ring (bicyclic) bond motifs is 1. The average Bonchev–Trinajstić information content (AvgIpc) is 3.11. The van der Waals surface area contributed by atoms with Crippen molar-refractivity contribution in [3.05, 3.63) is 58.6 Å². The van der Waals surface area contributed by atoms with Gasteiger partial charge in [-0.2, -0.15) is 0 Å². The van der Waals surface area contributed by atoms with Crippen molar-refractivity contribution in [3.63, 3.8) is 0 Å². The molecule has 0 amide bonds. The summed E-state index contributed by atoms with van der Waals surface area (Å²) in [6, 6.07) is 8.01. The number of aromatic nitrogens is 1. The van der Waals surface area contributed by atoms with Crippen LogP contribution in [-0.4, -0.2) is 28.6 Å². The van der Waals surface area contributed by atoms with Gasteiger partial charge in [0.1, 0.15) is 0 Å². The number of aliphatic carboxylic acids is 1. The van der Waals surface area contributed by atoms with E-state index in [1.54, 1.807) is 6.92 Å². The number of hydrogen-bond donors (Lipinski definition) is 3. The number of aromatic amines is 1. The van der Waals surface area contributed by atoms with Gasteiger partial charge in [0.15, 0.2) is 0 Å². The third kappa shape index (κ3) is 4.58. The molecule has 1 aliphatic rings. The van der Waals surface area contributed by atoms with Crippen molar-refractivity contribution in [1.29, 1.82) is 0 Å². The van der Waals surface area contributed by atoms with Crippen LogP contribution >= 0.6 is 0 Å². The molecule has 0 fully saturated rings. The molecule has 30 heavy (non-hydrogen) atoms. The van der Waals surface area contributed by atoms with Gasteiger partial charge in [-0.05, 0) is 31.9 Å². The summed E-state index contributed by atoms with van der Waals surface area (Å²) in [5, 5.41) is 13.9. The summed E-state index contributed by atoms with van der Waals surface area (Å²) >= 11 is 0. The number of allylic oxidation sites excluding steroid dienone is 2. The Morgan fingerprint density at radius 1 is 1.10 bits per heavy atom. The number of rotatable bonds is 9. The van der Waals surface area contributed by atoms with Gasteiger partial charge in [-0.25, -0.2) is 9.59 Å². The van der Waals surface area contributed by atoms with Crippen LogP contribution in [-0.2, 0) is 20.7 Å². The minimum absolute atomic E-state index is 0.240. The van der Waals surface area contributed by atoms with Crippen molar-refractivity contribution in [2.45, 2.75) is 52.9 Å². The van der Waals surface area contributed by atoms with Crippen LogP contribution in [0, 0.1) is 5.92 Å². The molecule has 0 radical (unpaired) electrons. The van der Waals surface area contributed by atoms with E-state index in [0.29, 0.717) is 29.8 Å². The minimum Gasteiger partial charge on any atom is -0.478 e. The van der Waals surface area contributed by atoms with Crippen LogP contribution < -0.4 is 5.32 Å². The molecule has 0 saturated carbocycles. The summed E-state index contributed by atoms with van der Waals surface area (Å²) in [6.45, 7) is 5.90. The number of carbonyl (C=O) groups excluding carboxylic acids is 1. The van der Waals surface area contributed by atoms with Crippen molar-refractivity contribution < 1.29 is 19.4 Å². The highest BCUT2D eigenvalue weighted by Crippen LogP contribution is 2.34. The van der Waals surface area contributed by atoms with Gasteiger partial charge in [0.2, 0.25) is 0 Å². The van der Waals surface area contributed by atoms with Crippen molar-refractivity contribution in [1.82, 2.24) is 10.3 Å². The van der Waals surface area contributed by atoms with E-state index in [1.165, 1.54) is 0 Å². The van der Waals surface area contributed by atoms with E-state index >= 15 is 0 Å². The number of dihydropyridines is 1. The molecular weight excluding hydrogens is 380 g/mol. The summed E-state index contributed by atoms with van der Waals surface area (Å²) < 4.78 is 5.61. The van der Waals surface area contributed by atoms with Crippen LogP contribution in [0.15, 0.2) is 53.0 Å². The smallest absolute Gasteiger partial charge is 0.336 e. The maximum Gasteiger partial charge on any atom is 0.336 e. The van der Waals surface area contributed by atoms with E-state index in [4.69, 9.17) is 4.74 Å². The van der Waals surface area contributed by atoms with E-state index in [2.05, 4.69) is 17.2 Å². The lowest BCUT2D eigenvalue weighted by Crippen LogP contribution is -2.33. The predicted molar refractivity (Wildman–Crippen MR) is 117 cm³/mol. The van der Waals surface area contributed by atoms with Crippen molar-refractivity contribution >= 4 is 22.8 Å². The Bertz CT molecular complexity index is 1000. The lowest BCUT2D eigenvalue weighted by Gasteiger charge is -2.29. The van der Waals surface area contributed by atoms with Crippen LogP contribution in [0.5, 0.6) is 0 Å². The molecule has 6 nitrogen and oxygen atoms in total. The van der Waals surface area contributed by atoms with Crippen LogP contribution in [0.3, 0.4) is 0 Å². The SMILES string of the molecule is CCCCCC1C(C(=O)O)=C(C)NC(C)=C1C(=O)OCCc1c[nH]c2ccccc12. The van der Waals surface area contributed by atoms with Crippen molar-refractivity contribution in [3.8, 4) is 0 Å².